The summed E-state index contributed by atoms with van der Waals surface area (Å²) in [5.41, 5.74) is 0. The van der Waals surface area contributed by atoms with Crippen molar-refractivity contribution in [3.8, 4) is 5.75 Å². The van der Waals surface area contributed by atoms with Gasteiger partial charge >= 0.3 is 0 Å². The molecule has 0 bridgehead atoms. The number of amides is 1. The van der Waals surface area contributed by atoms with Gasteiger partial charge in [0.25, 0.3) is 5.91 Å². The molecule has 5 heteroatoms. The molecule has 0 spiro atoms. The number of ether oxygens (including phenoxy) is 1. The number of nitrogens with one attached hydrogen (secondary N) is 1. The molecule has 1 heterocycles. The molecule has 1 unspecified atom stereocenters. The highest BCUT2D eigenvalue weighted by Gasteiger charge is 2.14. The van der Waals surface area contributed by atoms with Crippen LogP contribution in [0.5, 0.6) is 5.75 Å². The van der Waals surface area contributed by atoms with Crippen LogP contribution in [0.25, 0.3) is 0 Å². The Bertz CT molecular complexity index is 649. The zero-order valence-corrected chi connectivity index (χ0v) is 14.3. The van der Waals surface area contributed by atoms with E-state index < -0.39 is 0 Å². The van der Waals surface area contributed by atoms with E-state index in [9.17, 15) is 9.18 Å². The summed E-state index contributed by atoms with van der Waals surface area (Å²) < 4.78 is 23.8. The van der Waals surface area contributed by atoms with Crippen molar-refractivity contribution >= 4 is 5.91 Å². The molecule has 2 rings (SSSR count). The molecule has 0 radical (unpaired) electrons. The molecule has 2 aromatic rings. The molecule has 0 aliphatic heterocycles. The maximum Gasteiger partial charge on any atom is 0.287 e. The summed E-state index contributed by atoms with van der Waals surface area (Å²) in [6.07, 6.45) is 2.00. The Morgan fingerprint density at radius 3 is 2.50 bits per heavy atom. The zero-order chi connectivity index (χ0) is 17.5. The molecule has 0 saturated heterocycles. The fraction of sp³-hybridized carbons (Fsp3) is 0.421. The van der Waals surface area contributed by atoms with E-state index in [1.54, 1.807) is 24.3 Å². The number of carbonyl (C=O) groups excluding carboxylic acids is 1. The summed E-state index contributed by atoms with van der Waals surface area (Å²) in [6, 6.07) is 9.18. The molecule has 1 atom stereocenters. The largest absolute Gasteiger partial charge is 0.486 e. The Labute approximate surface area is 142 Å². The fourth-order valence-corrected chi connectivity index (χ4v) is 2.21. The zero-order valence-electron chi connectivity index (χ0n) is 14.3. The highest BCUT2D eigenvalue weighted by molar-refractivity contribution is 5.91. The quantitative estimate of drug-likeness (QED) is 0.771. The van der Waals surface area contributed by atoms with Crippen molar-refractivity contribution in [1.82, 2.24) is 5.32 Å². The standard InChI is InChI=1S/C19H24FNO3/c1-13(2)4-5-14(3)21-19(22)18-11-10-17(24-18)12-23-16-8-6-15(20)7-9-16/h6-11,13-14H,4-5,12H2,1-3H3,(H,21,22). The minimum Gasteiger partial charge on any atom is -0.486 e. The van der Waals surface area contributed by atoms with E-state index in [4.69, 9.17) is 9.15 Å². The van der Waals surface area contributed by atoms with E-state index >= 15 is 0 Å². The first-order valence-corrected chi connectivity index (χ1v) is 8.22. The third-order valence-electron chi connectivity index (χ3n) is 3.63. The number of hydrogen-bond donors (Lipinski definition) is 1. The number of furan rings is 1. The first-order valence-electron chi connectivity index (χ1n) is 8.22. The number of rotatable bonds is 8. The Balaban J connectivity index is 1.83. The third-order valence-corrected chi connectivity index (χ3v) is 3.63. The number of benzene rings is 1. The van der Waals surface area contributed by atoms with E-state index in [1.165, 1.54) is 12.1 Å². The van der Waals surface area contributed by atoms with Crippen LogP contribution >= 0.6 is 0 Å². The molecule has 4 nitrogen and oxygen atoms in total. The van der Waals surface area contributed by atoms with Gasteiger partial charge in [0.1, 0.15) is 23.9 Å². The lowest BCUT2D eigenvalue weighted by Gasteiger charge is -2.14. The second kappa shape index (κ2) is 8.52. The molecule has 0 aliphatic rings. The minimum absolute atomic E-state index is 0.101. The van der Waals surface area contributed by atoms with Crippen molar-refractivity contribution in [3.63, 3.8) is 0 Å². The van der Waals surface area contributed by atoms with Gasteiger partial charge in [-0.2, -0.15) is 0 Å². The van der Waals surface area contributed by atoms with Crippen LogP contribution < -0.4 is 10.1 Å². The Hall–Kier alpha value is -2.30. The van der Waals surface area contributed by atoms with Crippen LogP contribution in [0.2, 0.25) is 0 Å². The second-order valence-corrected chi connectivity index (χ2v) is 6.35. The van der Waals surface area contributed by atoms with Gasteiger partial charge in [0.15, 0.2) is 5.76 Å². The van der Waals surface area contributed by atoms with Crippen molar-refractivity contribution < 1.29 is 18.3 Å². The number of halogens is 1. The van der Waals surface area contributed by atoms with Crippen molar-refractivity contribution in [1.29, 1.82) is 0 Å². The van der Waals surface area contributed by atoms with Crippen LogP contribution in [0.4, 0.5) is 4.39 Å². The van der Waals surface area contributed by atoms with Crippen molar-refractivity contribution in [2.24, 2.45) is 5.92 Å². The summed E-state index contributed by atoms with van der Waals surface area (Å²) in [5, 5.41) is 2.93. The highest BCUT2D eigenvalue weighted by atomic mass is 19.1. The minimum atomic E-state index is -0.314. The monoisotopic (exact) mass is 333 g/mol. The Kier molecular flexibility index (Phi) is 6.41. The molecule has 1 amide bonds. The van der Waals surface area contributed by atoms with Crippen LogP contribution in [0.3, 0.4) is 0 Å². The van der Waals surface area contributed by atoms with Crippen LogP contribution in [-0.4, -0.2) is 11.9 Å². The lowest BCUT2D eigenvalue weighted by molar-refractivity contribution is 0.0905. The topological polar surface area (TPSA) is 51.5 Å². The van der Waals surface area contributed by atoms with Gasteiger partial charge in [0, 0.05) is 6.04 Å². The summed E-state index contributed by atoms with van der Waals surface area (Å²) in [5.74, 6) is 1.43. The smallest absolute Gasteiger partial charge is 0.287 e. The van der Waals surface area contributed by atoms with Crippen molar-refractivity contribution in [2.45, 2.75) is 46.3 Å². The molecule has 24 heavy (non-hydrogen) atoms. The van der Waals surface area contributed by atoms with Crippen LogP contribution in [0.15, 0.2) is 40.8 Å². The first-order chi connectivity index (χ1) is 11.4. The van der Waals surface area contributed by atoms with E-state index in [2.05, 4.69) is 19.2 Å². The predicted molar refractivity (Wildman–Crippen MR) is 90.4 cm³/mol. The summed E-state index contributed by atoms with van der Waals surface area (Å²) >= 11 is 0. The van der Waals surface area contributed by atoms with Gasteiger partial charge in [-0.05, 0) is 62.1 Å². The van der Waals surface area contributed by atoms with E-state index in [-0.39, 0.29) is 30.1 Å². The summed E-state index contributed by atoms with van der Waals surface area (Å²) in [7, 11) is 0. The van der Waals surface area contributed by atoms with Gasteiger partial charge in [-0.15, -0.1) is 0 Å². The second-order valence-electron chi connectivity index (χ2n) is 6.35. The predicted octanol–water partition coefficient (Wildman–Crippen LogP) is 4.55. The molecule has 0 aliphatic carbocycles. The maximum atomic E-state index is 12.8. The molecule has 1 aromatic heterocycles. The molecule has 130 valence electrons. The lowest BCUT2D eigenvalue weighted by Crippen LogP contribution is -2.32. The van der Waals surface area contributed by atoms with Crippen LogP contribution in [0, 0.1) is 11.7 Å². The van der Waals surface area contributed by atoms with Gasteiger partial charge in [-0.25, -0.2) is 4.39 Å². The summed E-state index contributed by atoms with van der Waals surface area (Å²) in [4.78, 5) is 12.1. The van der Waals surface area contributed by atoms with Gasteiger partial charge in [0.2, 0.25) is 0 Å². The first kappa shape index (κ1) is 18.0. The molecule has 0 saturated carbocycles. The van der Waals surface area contributed by atoms with Crippen molar-refractivity contribution in [2.75, 3.05) is 0 Å². The van der Waals surface area contributed by atoms with Gasteiger partial charge in [-0.1, -0.05) is 13.8 Å². The summed E-state index contributed by atoms with van der Waals surface area (Å²) in [6.45, 7) is 6.49. The van der Waals surface area contributed by atoms with Gasteiger partial charge < -0.3 is 14.5 Å². The molecular weight excluding hydrogens is 309 g/mol. The van der Waals surface area contributed by atoms with Crippen molar-refractivity contribution in [3.05, 3.63) is 53.7 Å². The van der Waals surface area contributed by atoms with Crippen LogP contribution in [-0.2, 0) is 6.61 Å². The highest BCUT2D eigenvalue weighted by Crippen LogP contribution is 2.15. The Morgan fingerprint density at radius 2 is 1.83 bits per heavy atom. The van der Waals surface area contributed by atoms with Gasteiger partial charge in [0.05, 0.1) is 0 Å². The van der Waals surface area contributed by atoms with E-state index in [1.807, 2.05) is 6.92 Å². The van der Waals surface area contributed by atoms with E-state index in [0.29, 0.717) is 17.4 Å². The lowest BCUT2D eigenvalue weighted by atomic mass is 10.0. The molecule has 0 fully saturated rings. The third kappa shape index (κ3) is 5.72. The molecule has 1 aromatic carbocycles. The average Bonchev–Trinajstić information content (AvgIpc) is 3.01. The SMILES string of the molecule is CC(C)CCC(C)NC(=O)c1ccc(COc2ccc(F)cc2)o1. The van der Waals surface area contributed by atoms with Gasteiger partial charge in [-0.3, -0.25) is 4.79 Å². The molecule has 1 N–H and O–H groups in total. The van der Waals surface area contributed by atoms with E-state index in [0.717, 1.165) is 12.8 Å². The number of hydrogen-bond acceptors (Lipinski definition) is 3. The number of carbonyl (C=O) groups is 1. The average molecular weight is 333 g/mol. The van der Waals surface area contributed by atoms with Crippen LogP contribution in [0.1, 0.15) is 49.9 Å². The molecular formula is C19H24FNO3. The maximum absolute atomic E-state index is 12.8. The fourth-order valence-electron chi connectivity index (χ4n) is 2.21. The Morgan fingerprint density at radius 1 is 1.12 bits per heavy atom. The normalized spacial score (nSPS) is 12.2.